The van der Waals surface area contributed by atoms with Gasteiger partial charge in [-0.3, -0.25) is 0 Å². The Bertz CT molecular complexity index is 2100. The third kappa shape index (κ3) is 4.73. The molecule has 0 fully saturated rings. The predicted octanol–water partition coefficient (Wildman–Crippen LogP) is 12.1. The number of hydrogen-bond donors (Lipinski definition) is 0. The molecule has 0 saturated heterocycles. The monoisotopic (exact) mass is 563 g/mol. The fourth-order valence-electron chi connectivity index (χ4n) is 6.06. The molecule has 7 aromatic carbocycles. The fourth-order valence-corrected chi connectivity index (χ4v) is 6.06. The molecule has 0 N–H and O–H groups in total. The van der Waals surface area contributed by atoms with Crippen molar-refractivity contribution in [1.82, 2.24) is 0 Å². The van der Waals surface area contributed by atoms with E-state index in [2.05, 4.69) is 181 Å². The van der Waals surface area contributed by atoms with Crippen LogP contribution >= 0.6 is 0 Å². The Balaban J connectivity index is 1.28. The van der Waals surface area contributed by atoms with E-state index in [0.29, 0.717) is 0 Å². The highest BCUT2D eigenvalue weighted by Gasteiger charge is 2.20. The molecule has 44 heavy (non-hydrogen) atoms. The van der Waals surface area contributed by atoms with E-state index in [1.165, 1.54) is 33.4 Å². The van der Waals surface area contributed by atoms with Gasteiger partial charge in [0.2, 0.25) is 0 Å². The molecule has 0 amide bonds. The molecule has 1 heterocycles. The molecule has 0 aliphatic carbocycles. The third-order valence-electron chi connectivity index (χ3n) is 8.29. The largest absolute Gasteiger partial charge is 0.454 e. The standard InChI is InChI=1S/C42H29NO/c1-4-11-30(12-5-1)33-19-24-36(25-20-33)43(37-26-21-34(22-27-37)31-13-6-2-7-14-31)40-18-10-17-38-39-29-35(32-15-8-3-9-16-32)23-28-41(39)44-42(38)40/h1-29H. The summed E-state index contributed by atoms with van der Waals surface area (Å²) in [6.45, 7) is 0. The quantitative estimate of drug-likeness (QED) is 0.200. The zero-order valence-electron chi connectivity index (χ0n) is 24.1. The Morgan fingerprint density at radius 3 is 1.32 bits per heavy atom. The van der Waals surface area contributed by atoms with Crippen LogP contribution in [0.2, 0.25) is 0 Å². The summed E-state index contributed by atoms with van der Waals surface area (Å²) in [6, 6.07) is 62.0. The summed E-state index contributed by atoms with van der Waals surface area (Å²) in [5, 5.41) is 2.21. The van der Waals surface area contributed by atoms with E-state index in [0.717, 1.165) is 39.0 Å². The molecule has 208 valence electrons. The second kappa shape index (κ2) is 11.1. The molecule has 0 bridgehead atoms. The number of fused-ring (bicyclic) bond motifs is 3. The minimum atomic E-state index is 0.868. The average Bonchev–Trinajstić information content (AvgIpc) is 3.49. The lowest BCUT2D eigenvalue weighted by Gasteiger charge is -2.26. The summed E-state index contributed by atoms with van der Waals surface area (Å²) < 4.78 is 6.64. The highest BCUT2D eigenvalue weighted by atomic mass is 16.3. The Morgan fingerprint density at radius 1 is 0.341 bits per heavy atom. The smallest absolute Gasteiger partial charge is 0.159 e. The van der Waals surface area contributed by atoms with Crippen molar-refractivity contribution in [2.24, 2.45) is 0 Å². The third-order valence-corrected chi connectivity index (χ3v) is 8.29. The highest BCUT2D eigenvalue weighted by molar-refractivity contribution is 6.11. The molecular formula is C42H29NO. The maximum atomic E-state index is 6.64. The molecule has 0 unspecified atom stereocenters. The van der Waals surface area contributed by atoms with Crippen LogP contribution in [0.3, 0.4) is 0 Å². The van der Waals surface area contributed by atoms with Gasteiger partial charge in [0, 0.05) is 22.1 Å². The van der Waals surface area contributed by atoms with Crippen molar-refractivity contribution in [2.45, 2.75) is 0 Å². The van der Waals surface area contributed by atoms with Gasteiger partial charge in [0.1, 0.15) is 5.58 Å². The Labute approximate surface area is 257 Å². The van der Waals surface area contributed by atoms with E-state index >= 15 is 0 Å². The van der Waals surface area contributed by atoms with Gasteiger partial charge in [0.05, 0.1) is 5.69 Å². The van der Waals surface area contributed by atoms with Crippen LogP contribution in [0.5, 0.6) is 0 Å². The predicted molar refractivity (Wildman–Crippen MR) is 185 cm³/mol. The van der Waals surface area contributed by atoms with Crippen LogP contribution in [0.4, 0.5) is 17.1 Å². The first-order chi connectivity index (χ1) is 21.8. The van der Waals surface area contributed by atoms with Gasteiger partial charge in [-0.15, -0.1) is 0 Å². The van der Waals surface area contributed by atoms with Crippen molar-refractivity contribution in [3.05, 3.63) is 176 Å². The molecule has 2 nitrogen and oxygen atoms in total. The lowest BCUT2D eigenvalue weighted by atomic mass is 10.0. The molecule has 2 heteroatoms. The van der Waals surface area contributed by atoms with Gasteiger partial charge in [-0.2, -0.15) is 0 Å². The van der Waals surface area contributed by atoms with Crippen molar-refractivity contribution in [1.29, 1.82) is 0 Å². The summed E-state index contributed by atoms with van der Waals surface area (Å²) in [7, 11) is 0. The van der Waals surface area contributed by atoms with Gasteiger partial charge < -0.3 is 9.32 Å². The van der Waals surface area contributed by atoms with Gasteiger partial charge in [0.25, 0.3) is 0 Å². The summed E-state index contributed by atoms with van der Waals surface area (Å²) in [5.74, 6) is 0. The molecule has 0 spiro atoms. The Kier molecular flexibility index (Phi) is 6.51. The minimum absolute atomic E-state index is 0.868. The molecule has 1 aromatic heterocycles. The van der Waals surface area contributed by atoms with Gasteiger partial charge in [-0.25, -0.2) is 0 Å². The van der Waals surface area contributed by atoms with E-state index in [1.807, 2.05) is 0 Å². The van der Waals surface area contributed by atoms with Gasteiger partial charge in [-0.1, -0.05) is 133 Å². The van der Waals surface area contributed by atoms with Gasteiger partial charge in [-0.05, 0) is 75.8 Å². The Morgan fingerprint density at radius 2 is 0.795 bits per heavy atom. The van der Waals surface area contributed by atoms with Crippen LogP contribution < -0.4 is 4.90 Å². The Hall–Kier alpha value is -5.86. The van der Waals surface area contributed by atoms with Crippen molar-refractivity contribution < 1.29 is 4.42 Å². The van der Waals surface area contributed by atoms with Crippen LogP contribution in [-0.2, 0) is 0 Å². The summed E-state index contributed by atoms with van der Waals surface area (Å²) in [4.78, 5) is 2.30. The molecule has 0 atom stereocenters. The van der Waals surface area contributed by atoms with Crippen LogP contribution in [0.25, 0.3) is 55.3 Å². The summed E-state index contributed by atoms with van der Waals surface area (Å²) in [5.41, 5.74) is 12.0. The average molecular weight is 564 g/mol. The number of anilines is 3. The van der Waals surface area contributed by atoms with Crippen molar-refractivity contribution >= 4 is 39.0 Å². The van der Waals surface area contributed by atoms with Crippen LogP contribution in [0.15, 0.2) is 180 Å². The van der Waals surface area contributed by atoms with E-state index in [4.69, 9.17) is 4.42 Å². The van der Waals surface area contributed by atoms with Gasteiger partial charge >= 0.3 is 0 Å². The second-order valence-electron chi connectivity index (χ2n) is 11.0. The SMILES string of the molecule is c1ccc(-c2ccc(N(c3ccc(-c4ccccc4)cc3)c3cccc4c3oc3ccc(-c5ccccc5)cc34)cc2)cc1. The summed E-state index contributed by atoms with van der Waals surface area (Å²) >= 11 is 0. The summed E-state index contributed by atoms with van der Waals surface area (Å²) in [6.07, 6.45) is 0. The molecule has 8 aromatic rings. The molecular weight excluding hydrogens is 534 g/mol. The van der Waals surface area contributed by atoms with E-state index in [1.54, 1.807) is 0 Å². The minimum Gasteiger partial charge on any atom is -0.454 e. The first-order valence-electron chi connectivity index (χ1n) is 14.9. The second-order valence-corrected chi connectivity index (χ2v) is 11.0. The van der Waals surface area contributed by atoms with Crippen molar-refractivity contribution in [2.75, 3.05) is 4.90 Å². The van der Waals surface area contributed by atoms with Crippen molar-refractivity contribution in [3.8, 4) is 33.4 Å². The zero-order chi connectivity index (χ0) is 29.3. The first-order valence-corrected chi connectivity index (χ1v) is 14.9. The zero-order valence-corrected chi connectivity index (χ0v) is 24.1. The molecule has 0 radical (unpaired) electrons. The van der Waals surface area contributed by atoms with Crippen LogP contribution in [0.1, 0.15) is 0 Å². The maximum Gasteiger partial charge on any atom is 0.159 e. The van der Waals surface area contributed by atoms with Crippen LogP contribution in [0, 0.1) is 0 Å². The van der Waals surface area contributed by atoms with E-state index in [-0.39, 0.29) is 0 Å². The number of hydrogen-bond acceptors (Lipinski definition) is 2. The van der Waals surface area contributed by atoms with Crippen molar-refractivity contribution in [3.63, 3.8) is 0 Å². The lowest BCUT2D eigenvalue weighted by molar-refractivity contribution is 0.669. The molecule has 0 saturated carbocycles. The van der Waals surface area contributed by atoms with Crippen LogP contribution in [-0.4, -0.2) is 0 Å². The molecule has 8 rings (SSSR count). The number of nitrogens with zero attached hydrogens (tertiary/aromatic N) is 1. The highest BCUT2D eigenvalue weighted by Crippen LogP contribution is 2.43. The molecule has 0 aliphatic heterocycles. The molecule has 0 aliphatic rings. The lowest BCUT2D eigenvalue weighted by Crippen LogP contribution is -2.10. The number of furan rings is 1. The van der Waals surface area contributed by atoms with Gasteiger partial charge in [0.15, 0.2) is 5.58 Å². The number of rotatable bonds is 6. The van der Waals surface area contributed by atoms with E-state index in [9.17, 15) is 0 Å². The number of benzene rings is 7. The normalized spacial score (nSPS) is 11.2. The number of para-hydroxylation sites is 1. The topological polar surface area (TPSA) is 16.4 Å². The maximum absolute atomic E-state index is 6.64. The fraction of sp³-hybridized carbons (Fsp3) is 0. The van der Waals surface area contributed by atoms with E-state index < -0.39 is 0 Å². The first kappa shape index (κ1) is 25.8.